The summed E-state index contributed by atoms with van der Waals surface area (Å²) in [5.74, 6) is 0.678. The molecule has 1 N–H and O–H groups in total. The molecule has 1 atom stereocenters. The lowest BCUT2D eigenvalue weighted by molar-refractivity contribution is 0.0600. The van der Waals surface area contributed by atoms with Crippen LogP contribution in [0.15, 0.2) is 28.8 Å². The van der Waals surface area contributed by atoms with E-state index in [9.17, 15) is 4.79 Å². The van der Waals surface area contributed by atoms with E-state index in [1.807, 2.05) is 19.2 Å². The highest BCUT2D eigenvalue weighted by molar-refractivity contribution is 5.89. The van der Waals surface area contributed by atoms with Crippen LogP contribution in [0.4, 0.5) is 5.88 Å². The summed E-state index contributed by atoms with van der Waals surface area (Å²) in [6.07, 6.45) is 3.14. The number of esters is 1. The van der Waals surface area contributed by atoms with E-state index in [1.165, 1.54) is 12.7 Å². The SMILES string of the molecule is CNc1onc2c1CCCC2c1ccc(C(=O)OC)cc1. The minimum atomic E-state index is -0.315. The van der Waals surface area contributed by atoms with Gasteiger partial charge in [-0.15, -0.1) is 0 Å². The molecule has 0 radical (unpaired) electrons. The molecule has 3 rings (SSSR count). The van der Waals surface area contributed by atoms with Crippen LogP contribution in [-0.2, 0) is 11.2 Å². The minimum absolute atomic E-state index is 0.228. The zero-order valence-electron chi connectivity index (χ0n) is 12.2. The molecule has 1 aliphatic rings. The number of carbonyl (C=O) groups is 1. The normalized spacial score (nSPS) is 17.1. The summed E-state index contributed by atoms with van der Waals surface area (Å²) in [5.41, 5.74) is 3.90. The Morgan fingerprint density at radius 3 is 2.81 bits per heavy atom. The first-order valence-electron chi connectivity index (χ1n) is 7.09. The highest BCUT2D eigenvalue weighted by Crippen LogP contribution is 2.39. The number of hydrogen-bond donors (Lipinski definition) is 1. The zero-order valence-corrected chi connectivity index (χ0v) is 12.2. The quantitative estimate of drug-likeness (QED) is 0.879. The first-order valence-corrected chi connectivity index (χ1v) is 7.09. The van der Waals surface area contributed by atoms with Gasteiger partial charge < -0.3 is 14.6 Å². The molecule has 0 spiro atoms. The minimum Gasteiger partial charge on any atom is -0.465 e. The van der Waals surface area contributed by atoms with E-state index >= 15 is 0 Å². The van der Waals surface area contributed by atoms with E-state index in [0.717, 1.165) is 36.4 Å². The van der Waals surface area contributed by atoms with Crippen molar-refractivity contribution < 1.29 is 14.1 Å². The molecule has 5 nitrogen and oxygen atoms in total. The smallest absolute Gasteiger partial charge is 0.337 e. The second kappa shape index (κ2) is 5.60. The molecular weight excluding hydrogens is 268 g/mol. The van der Waals surface area contributed by atoms with Crippen molar-refractivity contribution in [3.63, 3.8) is 0 Å². The number of carbonyl (C=O) groups excluding carboxylic acids is 1. The third kappa shape index (κ3) is 2.39. The van der Waals surface area contributed by atoms with E-state index < -0.39 is 0 Å². The molecule has 0 amide bonds. The van der Waals surface area contributed by atoms with E-state index in [0.29, 0.717) is 5.56 Å². The molecule has 1 unspecified atom stereocenters. The molecule has 0 saturated carbocycles. The first-order chi connectivity index (χ1) is 10.2. The Morgan fingerprint density at radius 2 is 2.14 bits per heavy atom. The van der Waals surface area contributed by atoms with Crippen molar-refractivity contribution in [3.8, 4) is 0 Å². The van der Waals surface area contributed by atoms with Gasteiger partial charge in [-0.2, -0.15) is 0 Å². The highest BCUT2D eigenvalue weighted by Gasteiger charge is 2.28. The van der Waals surface area contributed by atoms with E-state index in [2.05, 4.69) is 10.5 Å². The van der Waals surface area contributed by atoms with E-state index in [1.54, 1.807) is 12.1 Å². The number of aromatic nitrogens is 1. The van der Waals surface area contributed by atoms with Crippen molar-refractivity contribution >= 4 is 11.9 Å². The summed E-state index contributed by atoms with van der Waals surface area (Å²) in [6, 6.07) is 7.54. The van der Waals surface area contributed by atoms with Crippen LogP contribution in [-0.4, -0.2) is 25.3 Å². The fraction of sp³-hybridized carbons (Fsp3) is 0.375. The highest BCUT2D eigenvalue weighted by atomic mass is 16.5. The van der Waals surface area contributed by atoms with Gasteiger partial charge in [-0.05, 0) is 37.0 Å². The lowest BCUT2D eigenvalue weighted by Gasteiger charge is -2.21. The topological polar surface area (TPSA) is 64.4 Å². The predicted molar refractivity (Wildman–Crippen MR) is 78.6 cm³/mol. The maximum Gasteiger partial charge on any atom is 0.337 e. The van der Waals surface area contributed by atoms with Gasteiger partial charge >= 0.3 is 5.97 Å². The Labute approximate surface area is 123 Å². The van der Waals surface area contributed by atoms with Gasteiger partial charge in [0.2, 0.25) is 5.88 Å². The Kier molecular flexibility index (Phi) is 3.64. The van der Waals surface area contributed by atoms with Crippen LogP contribution in [0.2, 0.25) is 0 Å². The first kappa shape index (κ1) is 13.7. The van der Waals surface area contributed by atoms with Crippen molar-refractivity contribution in [1.29, 1.82) is 0 Å². The molecule has 1 heterocycles. The molecule has 0 aliphatic heterocycles. The molecule has 0 bridgehead atoms. The molecule has 5 heteroatoms. The molecule has 110 valence electrons. The van der Waals surface area contributed by atoms with Gasteiger partial charge in [-0.1, -0.05) is 17.3 Å². The van der Waals surface area contributed by atoms with Gasteiger partial charge in [0.1, 0.15) is 0 Å². The van der Waals surface area contributed by atoms with Crippen molar-refractivity contribution in [1.82, 2.24) is 5.16 Å². The van der Waals surface area contributed by atoms with Crippen LogP contribution in [0.1, 0.15) is 45.9 Å². The second-order valence-corrected chi connectivity index (χ2v) is 5.18. The van der Waals surface area contributed by atoms with Gasteiger partial charge in [0.15, 0.2) is 0 Å². The van der Waals surface area contributed by atoms with Crippen molar-refractivity contribution in [3.05, 3.63) is 46.6 Å². The number of anilines is 1. The Hall–Kier alpha value is -2.30. The summed E-state index contributed by atoms with van der Waals surface area (Å²) in [4.78, 5) is 11.5. The van der Waals surface area contributed by atoms with Crippen molar-refractivity contribution in [2.75, 3.05) is 19.5 Å². The van der Waals surface area contributed by atoms with Crippen LogP contribution in [0.5, 0.6) is 0 Å². The number of ether oxygens (including phenoxy) is 1. The molecule has 1 aromatic heterocycles. The fourth-order valence-corrected chi connectivity index (χ4v) is 2.95. The van der Waals surface area contributed by atoms with E-state index in [-0.39, 0.29) is 11.9 Å². The summed E-state index contributed by atoms with van der Waals surface area (Å²) >= 11 is 0. The van der Waals surface area contributed by atoms with Gasteiger partial charge in [0.05, 0.1) is 18.4 Å². The predicted octanol–water partition coefficient (Wildman–Crippen LogP) is 2.97. The number of methoxy groups -OCH3 is 1. The van der Waals surface area contributed by atoms with Crippen LogP contribution in [0.3, 0.4) is 0 Å². The Morgan fingerprint density at radius 1 is 1.38 bits per heavy atom. The maximum absolute atomic E-state index is 11.5. The average molecular weight is 286 g/mol. The fourth-order valence-electron chi connectivity index (χ4n) is 2.95. The summed E-state index contributed by atoms with van der Waals surface area (Å²) in [6.45, 7) is 0. The standard InChI is InChI=1S/C16H18N2O3/c1-17-15-13-5-3-4-12(14(13)18-21-15)10-6-8-11(9-7-10)16(19)20-2/h6-9,12,17H,3-5H2,1-2H3. The summed E-state index contributed by atoms with van der Waals surface area (Å²) < 4.78 is 10.1. The van der Waals surface area contributed by atoms with Gasteiger partial charge in [0.25, 0.3) is 0 Å². The van der Waals surface area contributed by atoms with Crippen molar-refractivity contribution in [2.45, 2.75) is 25.2 Å². The monoisotopic (exact) mass is 286 g/mol. The molecule has 0 saturated heterocycles. The zero-order chi connectivity index (χ0) is 14.8. The number of benzene rings is 1. The summed E-state index contributed by atoms with van der Waals surface area (Å²) in [7, 11) is 3.23. The van der Waals surface area contributed by atoms with Crippen LogP contribution in [0.25, 0.3) is 0 Å². The molecule has 1 aromatic carbocycles. The van der Waals surface area contributed by atoms with Crippen molar-refractivity contribution in [2.24, 2.45) is 0 Å². The molecular formula is C16H18N2O3. The molecule has 1 aliphatic carbocycles. The molecule has 0 fully saturated rings. The van der Waals surface area contributed by atoms with E-state index in [4.69, 9.17) is 9.26 Å². The second-order valence-electron chi connectivity index (χ2n) is 5.18. The van der Waals surface area contributed by atoms with Crippen LogP contribution in [0, 0.1) is 0 Å². The van der Waals surface area contributed by atoms with Crippen LogP contribution < -0.4 is 5.32 Å². The molecule has 21 heavy (non-hydrogen) atoms. The maximum atomic E-state index is 11.5. The lowest BCUT2D eigenvalue weighted by Crippen LogP contribution is -2.11. The number of nitrogens with zero attached hydrogens (tertiary/aromatic N) is 1. The third-order valence-corrected chi connectivity index (χ3v) is 4.03. The average Bonchev–Trinajstić information content (AvgIpc) is 2.97. The largest absolute Gasteiger partial charge is 0.465 e. The summed E-state index contributed by atoms with van der Waals surface area (Å²) in [5, 5.41) is 7.28. The Balaban J connectivity index is 1.92. The number of hydrogen-bond acceptors (Lipinski definition) is 5. The Bertz CT molecular complexity index is 646. The number of fused-ring (bicyclic) bond motifs is 1. The number of nitrogens with one attached hydrogen (secondary N) is 1. The number of rotatable bonds is 3. The van der Waals surface area contributed by atoms with Crippen LogP contribution >= 0.6 is 0 Å². The third-order valence-electron chi connectivity index (χ3n) is 4.03. The lowest BCUT2D eigenvalue weighted by atomic mass is 9.82. The van der Waals surface area contributed by atoms with Gasteiger partial charge in [-0.25, -0.2) is 4.79 Å². The van der Waals surface area contributed by atoms with Gasteiger partial charge in [0, 0.05) is 18.5 Å². The molecule has 2 aromatic rings. The van der Waals surface area contributed by atoms with Gasteiger partial charge in [-0.3, -0.25) is 0 Å².